The van der Waals surface area contributed by atoms with Gasteiger partial charge in [-0.05, 0) is 37.3 Å². The summed E-state index contributed by atoms with van der Waals surface area (Å²) in [7, 11) is 1.59. The maximum atomic E-state index is 12.4. The minimum absolute atomic E-state index is 0.0159. The first-order chi connectivity index (χ1) is 12.0. The van der Waals surface area contributed by atoms with E-state index in [4.69, 9.17) is 4.74 Å². The Bertz CT molecular complexity index is 985. The molecule has 1 amide bonds. The summed E-state index contributed by atoms with van der Waals surface area (Å²) >= 11 is 0. The van der Waals surface area contributed by atoms with Crippen molar-refractivity contribution in [3.8, 4) is 5.75 Å². The second kappa shape index (κ2) is 6.56. The SMILES string of the molecule is COc1ccc2cc(NC(=O)c3ccc([N+](=O)[O-])c(C)c3)cnc2c1. The molecule has 126 valence electrons. The van der Waals surface area contributed by atoms with Crippen LogP contribution in [0.25, 0.3) is 10.9 Å². The molecular formula is C18H15N3O4. The van der Waals surface area contributed by atoms with Crippen LogP contribution >= 0.6 is 0 Å². The number of nitro benzene ring substituents is 1. The largest absolute Gasteiger partial charge is 0.497 e. The quantitative estimate of drug-likeness (QED) is 0.578. The Labute approximate surface area is 143 Å². The zero-order valence-corrected chi connectivity index (χ0v) is 13.6. The van der Waals surface area contributed by atoms with E-state index in [1.807, 2.05) is 12.1 Å². The zero-order chi connectivity index (χ0) is 18.0. The van der Waals surface area contributed by atoms with Gasteiger partial charge in [-0.3, -0.25) is 19.9 Å². The highest BCUT2D eigenvalue weighted by Crippen LogP contribution is 2.23. The summed E-state index contributed by atoms with van der Waals surface area (Å²) in [6.07, 6.45) is 1.55. The summed E-state index contributed by atoms with van der Waals surface area (Å²) in [6, 6.07) is 11.5. The van der Waals surface area contributed by atoms with Crippen molar-refractivity contribution < 1.29 is 14.5 Å². The Morgan fingerprint density at radius 2 is 2.00 bits per heavy atom. The highest BCUT2D eigenvalue weighted by Gasteiger charge is 2.14. The number of methoxy groups -OCH3 is 1. The van der Waals surface area contributed by atoms with Crippen molar-refractivity contribution in [1.82, 2.24) is 4.98 Å². The van der Waals surface area contributed by atoms with Gasteiger partial charge >= 0.3 is 0 Å². The van der Waals surface area contributed by atoms with Crippen LogP contribution in [0.15, 0.2) is 48.7 Å². The summed E-state index contributed by atoms with van der Waals surface area (Å²) in [5, 5.41) is 14.5. The number of hydrogen-bond acceptors (Lipinski definition) is 5. The summed E-state index contributed by atoms with van der Waals surface area (Å²) in [5.41, 5.74) is 2.05. The maximum absolute atomic E-state index is 12.4. The number of fused-ring (bicyclic) bond motifs is 1. The Morgan fingerprint density at radius 1 is 1.20 bits per heavy atom. The molecule has 2 aromatic carbocycles. The number of carbonyl (C=O) groups is 1. The Kier molecular flexibility index (Phi) is 4.30. The highest BCUT2D eigenvalue weighted by molar-refractivity contribution is 6.05. The predicted molar refractivity (Wildman–Crippen MR) is 94.1 cm³/mol. The lowest BCUT2D eigenvalue weighted by Crippen LogP contribution is -2.12. The summed E-state index contributed by atoms with van der Waals surface area (Å²) in [4.78, 5) is 27.0. The molecule has 3 aromatic rings. The number of rotatable bonds is 4. The number of aromatic nitrogens is 1. The van der Waals surface area contributed by atoms with Crippen LogP contribution in [0.2, 0.25) is 0 Å². The molecule has 1 N–H and O–H groups in total. The molecule has 0 aliphatic carbocycles. The maximum Gasteiger partial charge on any atom is 0.272 e. The van der Waals surface area contributed by atoms with Crippen LogP contribution in [0.4, 0.5) is 11.4 Å². The van der Waals surface area contributed by atoms with Crippen molar-refractivity contribution in [2.75, 3.05) is 12.4 Å². The van der Waals surface area contributed by atoms with Crippen molar-refractivity contribution in [2.24, 2.45) is 0 Å². The third-order valence-corrected chi connectivity index (χ3v) is 3.80. The van der Waals surface area contributed by atoms with Gasteiger partial charge in [0.15, 0.2) is 0 Å². The van der Waals surface area contributed by atoms with Crippen LogP contribution < -0.4 is 10.1 Å². The van der Waals surface area contributed by atoms with E-state index in [1.165, 1.54) is 18.2 Å². The van der Waals surface area contributed by atoms with Gasteiger partial charge in [0.25, 0.3) is 11.6 Å². The Hall–Kier alpha value is -3.48. The Morgan fingerprint density at radius 3 is 2.68 bits per heavy atom. The number of carbonyl (C=O) groups excluding carboxylic acids is 1. The second-order valence-electron chi connectivity index (χ2n) is 5.50. The van der Waals surface area contributed by atoms with Gasteiger partial charge in [0.2, 0.25) is 0 Å². The van der Waals surface area contributed by atoms with E-state index in [0.717, 1.165) is 10.9 Å². The van der Waals surface area contributed by atoms with E-state index in [1.54, 1.807) is 32.4 Å². The van der Waals surface area contributed by atoms with Crippen molar-refractivity contribution in [3.05, 3.63) is 69.9 Å². The smallest absolute Gasteiger partial charge is 0.272 e. The molecule has 1 heterocycles. The molecule has 0 bridgehead atoms. The molecule has 25 heavy (non-hydrogen) atoms. The summed E-state index contributed by atoms with van der Waals surface area (Å²) in [6.45, 7) is 1.60. The van der Waals surface area contributed by atoms with Crippen molar-refractivity contribution >= 4 is 28.2 Å². The van der Waals surface area contributed by atoms with E-state index in [-0.39, 0.29) is 11.6 Å². The predicted octanol–water partition coefficient (Wildman–Crippen LogP) is 3.71. The fraction of sp³-hybridized carbons (Fsp3) is 0.111. The molecule has 0 unspecified atom stereocenters. The summed E-state index contributed by atoms with van der Waals surface area (Å²) < 4.78 is 5.15. The number of amides is 1. The molecule has 0 saturated heterocycles. The van der Waals surface area contributed by atoms with Crippen LogP contribution in [-0.4, -0.2) is 22.9 Å². The van der Waals surface area contributed by atoms with Gasteiger partial charge in [0.1, 0.15) is 5.75 Å². The molecule has 7 heteroatoms. The van der Waals surface area contributed by atoms with Gasteiger partial charge in [-0.1, -0.05) is 0 Å². The lowest BCUT2D eigenvalue weighted by molar-refractivity contribution is -0.385. The van der Waals surface area contributed by atoms with E-state index >= 15 is 0 Å². The molecule has 0 saturated carbocycles. The van der Waals surface area contributed by atoms with E-state index in [2.05, 4.69) is 10.3 Å². The standard InChI is InChI=1S/C18H15N3O4/c1-11-7-13(4-6-17(11)21(23)24)18(22)20-14-8-12-3-5-15(25-2)9-16(12)19-10-14/h3-10H,1-2H3,(H,20,22). The van der Waals surface area contributed by atoms with Crippen LogP contribution in [-0.2, 0) is 0 Å². The van der Waals surface area contributed by atoms with Crippen molar-refractivity contribution in [1.29, 1.82) is 0 Å². The highest BCUT2D eigenvalue weighted by atomic mass is 16.6. The summed E-state index contributed by atoms with van der Waals surface area (Å²) in [5.74, 6) is 0.353. The van der Waals surface area contributed by atoms with E-state index in [0.29, 0.717) is 22.6 Å². The molecule has 7 nitrogen and oxygen atoms in total. The first-order valence-electron chi connectivity index (χ1n) is 7.48. The zero-order valence-electron chi connectivity index (χ0n) is 13.6. The topological polar surface area (TPSA) is 94.4 Å². The van der Waals surface area contributed by atoms with Crippen LogP contribution in [0.3, 0.4) is 0 Å². The number of nitro groups is 1. The first kappa shape index (κ1) is 16.4. The number of ether oxygens (including phenoxy) is 1. The Balaban J connectivity index is 1.84. The van der Waals surface area contributed by atoms with Gasteiger partial charge in [0.05, 0.1) is 29.4 Å². The van der Waals surface area contributed by atoms with Gasteiger partial charge in [-0.2, -0.15) is 0 Å². The average molecular weight is 337 g/mol. The first-order valence-corrected chi connectivity index (χ1v) is 7.48. The number of nitrogens with one attached hydrogen (secondary N) is 1. The minimum Gasteiger partial charge on any atom is -0.497 e. The third-order valence-electron chi connectivity index (χ3n) is 3.80. The van der Waals surface area contributed by atoms with E-state index in [9.17, 15) is 14.9 Å². The van der Waals surface area contributed by atoms with Gasteiger partial charge in [-0.25, -0.2) is 0 Å². The van der Waals surface area contributed by atoms with Crippen LogP contribution in [0.1, 0.15) is 15.9 Å². The molecule has 0 aliphatic rings. The second-order valence-corrected chi connectivity index (χ2v) is 5.50. The molecule has 3 rings (SSSR count). The fourth-order valence-electron chi connectivity index (χ4n) is 2.50. The monoisotopic (exact) mass is 337 g/mol. The average Bonchev–Trinajstić information content (AvgIpc) is 2.60. The number of hydrogen-bond donors (Lipinski definition) is 1. The minimum atomic E-state index is -0.474. The van der Waals surface area contributed by atoms with Gasteiger partial charge in [0, 0.05) is 28.6 Å². The van der Waals surface area contributed by atoms with Crippen molar-refractivity contribution in [2.45, 2.75) is 6.92 Å². The molecule has 1 aromatic heterocycles. The number of anilines is 1. The molecule has 0 atom stereocenters. The third kappa shape index (κ3) is 3.40. The molecule has 0 spiro atoms. The fourth-order valence-corrected chi connectivity index (χ4v) is 2.50. The van der Waals surface area contributed by atoms with Gasteiger partial charge in [-0.15, -0.1) is 0 Å². The molecule has 0 fully saturated rings. The normalized spacial score (nSPS) is 10.5. The van der Waals surface area contributed by atoms with Gasteiger partial charge < -0.3 is 10.1 Å². The number of benzene rings is 2. The van der Waals surface area contributed by atoms with E-state index < -0.39 is 4.92 Å². The molecular weight excluding hydrogens is 322 g/mol. The number of aryl methyl sites for hydroxylation is 1. The molecule has 0 aliphatic heterocycles. The van der Waals surface area contributed by atoms with Crippen LogP contribution in [0, 0.1) is 17.0 Å². The lowest BCUT2D eigenvalue weighted by atomic mass is 10.1. The molecule has 0 radical (unpaired) electrons. The van der Waals surface area contributed by atoms with Crippen molar-refractivity contribution in [3.63, 3.8) is 0 Å². The number of nitrogens with zero attached hydrogens (tertiary/aromatic N) is 2. The lowest BCUT2D eigenvalue weighted by Gasteiger charge is -2.08. The van der Waals surface area contributed by atoms with Crippen LogP contribution in [0.5, 0.6) is 5.75 Å². The number of pyridine rings is 1.